The predicted octanol–water partition coefficient (Wildman–Crippen LogP) is 1.48. The third-order valence-corrected chi connectivity index (χ3v) is 2.80. The molecule has 0 aliphatic rings. The smallest absolute Gasteiger partial charge is 0.315 e. The van der Waals surface area contributed by atoms with Crippen molar-refractivity contribution >= 4 is 6.03 Å². The van der Waals surface area contributed by atoms with Gasteiger partial charge < -0.3 is 10.6 Å². The highest BCUT2D eigenvalue weighted by atomic mass is 16.2. The van der Waals surface area contributed by atoms with Crippen molar-refractivity contribution in [3.05, 3.63) is 18.5 Å². The second-order valence-electron chi connectivity index (χ2n) is 5.08. The number of nitrogens with zero attached hydrogens (tertiary/aromatic N) is 2. The van der Waals surface area contributed by atoms with Crippen LogP contribution in [0.25, 0.3) is 0 Å². The summed E-state index contributed by atoms with van der Waals surface area (Å²) < 4.78 is 1.85. The third kappa shape index (κ3) is 5.47. The minimum atomic E-state index is -0.235. The van der Waals surface area contributed by atoms with Crippen molar-refractivity contribution in [2.24, 2.45) is 11.8 Å². The van der Waals surface area contributed by atoms with Crippen LogP contribution in [0.4, 0.5) is 4.79 Å². The average Bonchev–Trinajstić information content (AvgIpc) is 2.85. The summed E-state index contributed by atoms with van der Waals surface area (Å²) in [5, 5.41) is 9.73. The fourth-order valence-corrected chi connectivity index (χ4v) is 1.65. The van der Waals surface area contributed by atoms with Gasteiger partial charge in [0.25, 0.3) is 0 Å². The van der Waals surface area contributed by atoms with E-state index in [1.807, 2.05) is 30.8 Å². The molecule has 0 bridgehead atoms. The number of nitrogens with one attached hydrogen (secondary N) is 2. The highest BCUT2D eigenvalue weighted by Crippen LogP contribution is 2.00. The van der Waals surface area contributed by atoms with Gasteiger partial charge in [-0.15, -0.1) is 6.42 Å². The van der Waals surface area contributed by atoms with E-state index in [2.05, 4.69) is 28.6 Å². The lowest BCUT2D eigenvalue weighted by Gasteiger charge is -2.18. The van der Waals surface area contributed by atoms with Gasteiger partial charge in [0.1, 0.15) is 0 Å². The van der Waals surface area contributed by atoms with E-state index in [1.54, 1.807) is 6.20 Å². The van der Waals surface area contributed by atoms with E-state index in [1.165, 1.54) is 0 Å². The van der Waals surface area contributed by atoms with Gasteiger partial charge in [0, 0.05) is 25.5 Å². The Morgan fingerprint density at radius 1 is 1.47 bits per heavy atom. The Labute approximate surface area is 114 Å². The zero-order valence-corrected chi connectivity index (χ0v) is 11.8. The van der Waals surface area contributed by atoms with Crippen LogP contribution in [0.1, 0.15) is 20.8 Å². The van der Waals surface area contributed by atoms with Crippen LogP contribution in [0, 0.1) is 24.2 Å². The average molecular weight is 262 g/mol. The number of hydrogen-bond acceptors (Lipinski definition) is 2. The molecule has 0 aliphatic heterocycles. The molecular formula is C14H22N4O. The second kappa shape index (κ2) is 7.47. The zero-order chi connectivity index (χ0) is 14.3. The Balaban J connectivity index is 2.28. The number of amides is 2. The molecule has 5 heteroatoms. The molecule has 0 aromatic carbocycles. The molecule has 2 amide bonds. The Kier molecular flexibility index (Phi) is 5.94. The molecule has 104 valence electrons. The predicted molar refractivity (Wildman–Crippen MR) is 75.4 cm³/mol. The number of rotatable bonds is 6. The molecule has 1 rings (SSSR count). The van der Waals surface area contributed by atoms with E-state index in [0.717, 1.165) is 6.54 Å². The van der Waals surface area contributed by atoms with E-state index in [-0.39, 0.29) is 18.0 Å². The molecule has 19 heavy (non-hydrogen) atoms. The van der Waals surface area contributed by atoms with E-state index < -0.39 is 0 Å². The first kappa shape index (κ1) is 15.1. The van der Waals surface area contributed by atoms with E-state index in [9.17, 15) is 4.79 Å². The van der Waals surface area contributed by atoms with Gasteiger partial charge in [-0.25, -0.2) is 4.79 Å². The van der Waals surface area contributed by atoms with Crippen molar-refractivity contribution in [2.75, 3.05) is 6.54 Å². The normalized spacial score (nSPS) is 13.6. The molecule has 0 unspecified atom stereocenters. The lowest BCUT2D eigenvalue weighted by Crippen LogP contribution is -2.45. The molecule has 1 aromatic rings. The monoisotopic (exact) mass is 262 g/mol. The van der Waals surface area contributed by atoms with Crippen molar-refractivity contribution in [1.29, 1.82) is 0 Å². The van der Waals surface area contributed by atoms with Crippen molar-refractivity contribution in [1.82, 2.24) is 20.4 Å². The fourth-order valence-electron chi connectivity index (χ4n) is 1.65. The summed E-state index contributed by atoms with van der Waals surface area (Å²) in [4.78, 5) is 11.7. The highest BCUT2D eigenvalue weighted by Gasteiger charge is 2.13. The molecule has 0 saturated heterocycles. The van der Waals surface area contributed by atoms with Crippen LogP contribution in [0.2, 0.25) is 0 Å². The molecule has 1 heterocycles. The molecule has 5 nitrogen and oxygen atoms in total. The minimum Gasteiger partial charge on any atom is -0.338 e. The Hall–Kier alpha value is -1.96. The molecule has 2 N–H and O–H groups in total. The van der Waals surface area contributed by atoms with Crippen LogP contribution in [0.5, 0.6) is 0 Å². The maximum Gasteiger partial charge on any atom is 0.315 e. The highest BCUT2D eigenvalue weighted by molar-refractivity contribution is 5.74. The minimum absolute atomic E-state index is 0.219. The molecule has 0 radical (unpaired) electrons. The first-order chi connectivity index (χ1) is 9.02. The van der Waals surface area contributed by atoms with Crippen LogP contribution in [0.3, 0.4) is 0 Å². The quantitative estimate of drug-likeness (QED) is 0.763. The van der Waals surface area contributed by atoms with Gasteiger partial charge in [-0.2, -0.15) is 5.10 Å². The van der Waals surface area contributed by atoms with Gasteiger partial charge in [0.2, 0.25) is 0 Å². The second-order valence-corrected chi connectivity index (χ2v) is 5.08. The SMILES string of the molecule is C#C[C@H](NC(=O)NC[C@H](C)Cn1cccn1)C(C)C. The summed E-state index contributed by atoms with van der Waals surface area (Å²) in [6.07, 6.45) is 9.01. The molecular weight excluding hydrogens is 240 g/mol. The summed E-state index contributed by atoms with van der Waals surface area (Å²) in [7, 11) is 0. The maximum atomic E-state index is 11.7. The number of terminal acetylenes is 1. The Bertz CT molecular complexity index is 419. The fraction of sp³-hybridized carbons (Fsp3) is 0.571. The van der Waals surface area contributed by atoms with Gasteiger partial charge >= 0.3 is 6.03 Å². The molecule has 0 spiro atoms. The van der Waals surface area contributed by atoms with Gasteiger partial charge in [-0.05, 0) is 17.9 Å². The number of carbonyl (C=O) groups is 1. The topological polar surface area (TPSA) is 59.0 Å². The van der Waals surface area contributed by atoms with E-state index in [4.69, 9.17) is 6.42 Å². The van der Waals surface area contributed by atoms with Crippen molar-refractivity contribution in [3.8, 4) is 12.3 Å². The molecule has 0 fully saturated rings. The van der Waals surface area contributed by atoms with Gasteiger partial charge in [0.05, 0.1) is 6.04 Å². The zero-order valence-electron chi connectivity index (χ0n) is 11.8. The van der Waals surface area contributed by atoms with E-state index in [0.29, 0.717) is 12.5 Å². The summed E-state index contributed by atoms with van der Waals surface area (Å²) in [5.74, 6) is 3.09. The molecule has 1 aromatic heterocycles. The standard InChI is InChI=1S/C14H22N4O/c1-5-13(11(2)3)17-14(19)15-9-12(4)10-18-8-6-7-16-18/h1,6-8,11-13H,9-10H2,2-4H3,(H2,15,17,19)/t12-,13-/m0/s1. The first-order valence-corrected chi connectivity index (χ1v) is 6.50. The maximum absolute atomic E-state index is 11.7. The largest absolute Gasteiger partial charge is 0.338 e. The van der Waals surface area contributed by atoms with Crippen LogP contribution in [-0.4, -0.2) is 28.4 Å². The summed E-state index contributed by atoms with van der Waals surface area (Å²) in [6.45, 7) is 7.37. The van der Waals surface area contributed by atoms with E-state index >= 15 is 0 Å². The van der Waals surface area contributed by atoms with Crippen molar-refractivity contribution in [3.63, 3.8) is 0 Å². The number of hydrogen-bond donors (Lipinski definition) is 2. The Morgan fingerprint density at radius 3 is 2.74 bits per heavy atom. The van der Waals surface area contributed by atoms with Crippen LogP contribution in [0.15, 0.2) is 18.5 Å². The third-order valence-electron chi connectivity index (χ3n) is 2.80. The lowest BCUT2D eigenvalue weighted by atomic mass is 10.1. The van der Waals surface area contributed by atoms with Gasteiger partial charge in [-0.1, -0.05) is 26.7 Å². The number of carbonyl (C=O) groups excluding carboxylic acids is 1. The van der Waals surface area contributed by atoms with Crippen LogP contribution in [-0.2, 0) is 6.54 Å². The molecule has 0 saturated carbocycles. The van der Waals surface area contributed by atoms with Gasteiger partial charge in [0.15, 0.2) is 0 Å². The summed E-state index contributed by atoms with van der Waals surface area (Å²) in [5.41, 5.74) is 0. The molecule has 0 aliphatic carbocycles. The lowest BCUT2D eigenvalue weighted by molar-refractivity contribution is 0.234. The number of urea groups is 1. The summed E-state index contributed by atoms with van der Waals surface area (Å²) in [6, 6.07) is 1.43. The summed E-state index contributed by atoms with van der Waals surface area (Å²) >= 11 is 0. The van der Waals surface area contributed by atoms with Crippen molar-refractivity contribution < 1.29 is 4.79 Å². The van der Waals surface area contributed by atoms with Crippen LogP contribution >= 0.6 is 0 Å². The first-order valence-electron chi connectivity index (χ1n) is 6.50. The Morgan fingerprint density at radius 2 is 2.21 bits per heavy atom. The number of aromatic nitrogens is 2. The molecule has 2 atom stereocenters. The van der Waals surface area contributed by atoms with Crippen LogP contribution < -0.4 is 10.6 Å². The van der Waals surface area contributed by atoms with Gasteiger partial charge in [-0.3, -0.25) is 4.68 Å². The van der Waals surface area contributed by atoms with Crippen molar-refractivity contribution in [2.45, 2.75) is 33.4 Å².